The lowest BCUT2D eigenvalue weighted by atomic mass is 9.73. The van der Waals surface area contributed by atoms with Gasteiger partial charge in [-0.25, -0.2) is 0 Å². The van der Waals surface area contributed by atoms with Crippen LogP contribution in [-0.2, 0) is 14.3 Å². The SMILES string of the molecule is CCOC(=O)[C@H]1C(=O)C=C(c2ccc(OC)cc2)C[C@H]1c1ccccc1. The molecular weight excluding hydrogens is 328 g/mol. The van der Waals surface area contributed by atoms with Gasteiger partial charge in [-0.1, -0.05) is 42.5 Å². The fourth-order valence-electron chi connectivity index (χ4n) is 3.40. The molecule has 0 amide bonds. The van der Waals surface area contributed by atoms with Crippen LogP contribution in [0, 0.1) is 5.92 Å². The van der Waals surface area contributed by atoms with E-state index in [1.807, 2.05) is 54.6 Å². The molecule has 134 valence electrons. The number of ether oxygens (including phenoxy) is 2. The second-order valence-electron chi connectivity index (χ2n) is 6.25. The summed E-state index contributed by atoms with van der Waals surface area (Å²) < 4.78 is 10.4. The van der Waals surface area contributed by atoms with E-state index in [2.05, 4.69) is 0 Å². The van der Waals surface area contributed by atoms with E-state index in [1.165, 1.54) is 0 Å². The quantitative estimate of drug-likeness (QED) is 0.604. The van der Waals surface area contributed by atoms with Crippen LogP contribution in [-0.4, -0.2) is 25.5 Å². The Kier molecular flexibility index (Phi) is 5.52. The van der Waals surface area contributed by atoms with E-state index in [4.69, 9.17) is 9.47 Å². The lowest BCUT2D eigenvalue weighted by molar-refractivity contribution is -0.151. The van der Waals surface area contributed by atoms with Crippen molar-refractivity contribution in [3.63, 3.8) is 0 Å². The topological polar surface area (TPSA) is 52.6 Å². The smallest absolute Gasteiger partial charge is 0.317 e. The fraction of sp³-hybridized carbons (Fsp3) is 0.273. The predicted molar refractivity (Wildman–Crippen MR) is 99.9 cm³/mol. The molecule has 0 saturated carbocycles. The minimum absolute atomic E-state index is 0.200. The third-order valence-electron chi connectivity index (χ3n) is 4.69. The molecule has 0 aromatic heterocycles. The molecule has 26 heavy (non-hydrogen) atoms. The maximum Gasteiger partial charge on any atom is 0.317 e. The summed E-state index contributed by atoms with van der Waals surface area (Å²) in [6.07, 6.45) is 2.19. The van der Waals surface area contributed by atoms with Crippen LogP contribution in [0.25, 0.3) is 5.57 Å². The molecule has 0 radical (unpaired) electrons. The molecule has 0 saturated heterocycles. The molecule has 3 rings (SSSR count). The van der Waals surface area contributed by atoms with E-state index in [1.54, 1.807) is 20.1 Å². The third-order valence-corrected chi connectivity index (χ3v) is 4.69. The van der Waals surface area contributed by atoms with E-state index in [0.717, 1.165) is 22.4 Å². The lowest BCUT2D eigenvalue weighted by Gasteiger charge is -2.29. The first-order chi connectivity index (χ1) is 12.6. The minimum Gasteiger partial charge on any atom is -0.497 e. The number of methoxy groups -OCH3 is 1. The molecule has 1 aliphatic rings. The Labute approximate surface area is 153 Å². The average molecular weight is 350 g/mol. The van der Waals surface area contributed by atoms with Gasteiger partial charge in [0.25, 0.3) is 0 Å². The summed E-state index contributed by atoms with van der Waals surface area (Å²) in [7, 11) is 1.62. The molecule has 2 aromatic rings. The van der Waals surface area contributed by atoms with Crippen molar-refractivity contribution in [1.29, 1.82) is 0 Å². The van der Waals surface area contributed by atoms with Gasteiger partial charge in [0, 0.05) is 5.92 Å². The highest BCUT2D eigenvalue weighted by molar-refractivity contribution is 6.10. The average Bonchev–Trinajstić information content (AvgIpc) is 2.68. The molecular formula is C22H22O4. The standard InChI is InChI=1S/C22H22O4/c1-3-26-22(24)21-19(16-7-5-4-6-8-16)13-17(14-20(21)23)15-9-11-18(25-2)12-10-15/h4-12,14,19,21H,3,13H2,1-2H3/t19-,21+/m0/s1. The number of hydrogen-bond acceptors (Lipinski definition) is 4. The summed E-state index contributed by atoms with van der Waals surface area (Å²) in [6, 6.07) is 17.3. The number of hydrogen-bond donors (Lipinski definition) is 0. The second kappa shape index (κ2) is 8.00. The number of ketones is 1. The normalized spacial score (nSPS) is 19.6. The predicted octanol–water partition coefficient (Wildman–Crippen LogP) is 4.01. The first-order valence-corrected chi connectivity index (χ1v) is 8.74. The molecule has 4 nitrogen and oxygen atoms in total. The number of esters is 1. The lowest BCUT2D eigenvalue weighted by Crippen LogP contribution is -2.34. The van der Waals surface area contributed by atoms with Crippen molar-refractivity contribution in [2.45, 2.75) is 19.3 Å². The second-order valence-corrected chi connectivity index (χ2v) is 6.25. The molecule has 0 heterocycles. The van der Waals surface area contributed by atoms with Crippen LogP contribution in [0.4, 0.5) is 0 Å². The highest BCUT2D eigenvalue weighted by atomic mass is 16.5. The van der Waals surface area contributed by atoms with Gasteiger partial charge >= 0.3 is 5.97 Å². The number of carbonyl (C=O) groups is 2. The molecule has 1 aliphatic carbocycles. The van der Waals surface area contributed by atoms with E-state index >= 15 is 0 Å². The van der Waals surface area contributed by atoms with Gasteiger partial charge in [-0.15, -0.1) is 0 Å². The molecule has 0 bridgehead atoms. The zero-order valence-corrected chi connectivity index (χ0v) is 15.0. The van der Waals surface area contributed by atoms with Gasteiger partial charge in [0.2, 0.25) is 0 Å². The zero-order chi connectivity index (χ0) is 18.5. The zero-order valence-electron chi connectivity index (χ0n) is 15.0. The van der Waals surface area contributed by atoms with Gasteiger partial charge in [0.05, 0.1) is 13.7 Å². The number of allylic oxidation sites excluding steroid dienone is 2. The molecule has 4 heteroatoms. The van der Waals surface area contributed by atoms with Crippen molar-refractivity contribution in [2.75, 3.05) is 13.7 Å². The number of benzene rings is 2. The fourth-order valence-corrected chi connectivity index (χ4v) is 3.40. The molecule has 0 fully saturated rings. The van der Waals surface area contributed by atoms with Gasteiger partial charge in [0.15, 0.2) is 5.78 Å². The Morgan fingerprint density at radius 1 is 1.08 bits per heavy atom. The van der Waals surface area contributed by atoms with Crippen molar-refractivity contribution in [3.05, 3.63) is 71.8 Å². The van der Waals surface area contributed by atoms with Gasteiger partial charge < -0.3 is 9.47 Å². The van der Waals surface area contributed by atoms with Crippen molar-refractivity contribution in [3.8, 4) is 5.75 Å². The highest BCUT2D eigenvalue weighted by Crippen LogP contribution is 2.40. The summed E-state index contributed by atoms with van der Waals surface area (Å²) >= 11 is 0. The van der Waals surface area contributed by atoms with Crippen molar-refractivity contribution in [1.82, 2.24) is 0 Å². The first kappa shape index (κ1) is 17.9. The highest BCUT2D eigenvalue weighted by Gasteiger charge is 2.39. The molecule has 0 N–H and O–H groups in total. The van der Waals surface area contributed by atoms with Crippen LogP contribution in [0.2, 0.25) is 0 Å². The maximum atomic E-state index is 12.8. The van der Waals surface area contributed by atoms with Gasteiger partial charge in [-0.3, -0.25) is 9.59 Å². The monoisotopic (exact) mass is 350 g/mol. The summed E-state index contributed by atoms with van der Waals surface area (Å²) in [4.78, 5) is 25.2. The third kappa shape index (κ3) is 3.69. The van der Waals surface area contributed by atoms with E-state index in [-0.39, 0.29) is 18.3 Å². The van der Waals surface area contributed by atoms with Crippen LogP contribution in [0.15, 0.2) is 60.7 Å². The summed E-state index contributed by atoms with van der Waals surface area (Å²) in [5.74, 6) is -0.907. The van der Waals surface area contributed by atoms with Crippen molar-refractivity contribution >= 4 is 17.3 Å². The van der Waals surface area contributed by atoms with Gasteiger partial charge in [-0.05, 0) is 48.3 Å². The van der Waals surface area contributed by atoms with Crippen molar-refractivity contribution < 1.29 is 19.1 Å². The number of carbonyl (C=O) groups excluding carboxylic acids is 2. The van der Waals surface area contributed by atoms with Crippen LogP contribution in [0.5, 0.6) is 5.75 Å². The molecule has 0 unspecified atom stereocenters. The van der Waals surface area contributed by atoms with Crippen LogP contribution in [0.1, 0.15) is 30.4 Å². The van der Waals surface area contributed by atoms with Crippen LogP contribution < -0.4 is 4.74 Å². The van der Waals surface area contributed by atoms with E-state index < -0.39 is 11.9 Å². The Morgan fingerprint density at radius 3 is 2.38 bits per heavy atom. The van der Waals surface area contributed by atoms with Crippen LogP contribution in [0.3, 0.4) is 0 Å². The Morgan fingerprint density at radius 2 is 1.77 bits per heavy atom. The molecule has 2 atom stereocenters. The minimum atomic E-state index is -0.792. The molecule has 0 spiro atoms. The maximum absolute atomic E-state index is 12.8. The Bertz CT molecular complexity index is 806. The summed E-state index contributed by atoms with van der Waals surface area (Å²) in [5, 5.41) is 0. The summed E-state index contributed by atoms with van der Waals surface area (Å²) in [6.45, 7) is 2.01. The van der Waals surface area contributed by atoms with E-state index in [0.29, 0.717) is 6.42 Å². The molecule has 2 aromatic carbocycles. The van der Waals surface area contributed by atoms with E-state index in [9.17, 15) is 9.59 Å². The largest absolute Gasteiger partial charge is 0.497 e. The Balaban J connectivity index is 1.98. The van der Waals surface area contributed by atoms with Crippen LogP contribution >= 0.6 is 0 Å². The van der Waals surface area contributed by atoms with Crippen molar-refractivity contribution in [2.24, 2.45) is 5.92 Å². The molecule has 0 aliphatic heterocycles. The number of rotatable bonds is 5. The summed E-state index contributed by atoms with van der Waals surface area (Å²) in [5.41, 5.74) is 2.85. The van der Waals surface area contributed by atoms with Gasteiger partial charge in [-0.2, -0.15) is 0 Å². The first-order valence-electron chi connectivity index (χ1n) is 8.74. The Hall–Kier alpha value is -2.88. The van der Waals surface area contributed by atoms with Gasteiger partial charge in [0.1, 0.15) is 11.7 Å².